The molecule has 3 N–H and O–H groups in total. The molecule has 0 fully saturated rings. The number of nitrogens with one attached hydrogen (secondary N) is 1. The largest absolute Gasteiger partial charge is 0.507 e. The van der Waals surface area contributed by atoms with Crippen molar-refractivity contribution in [3.63, 3.8) is 0 Å². The second-order valence-corrected chi connectivity index (χ2v) is 7.41. The minimum absolute atomic E-state index is 0.109. The molecule has 1 amide bonds. The highest BCUT2D eigenvalue weighted by molar-refractivity contribution is 7.86. The molecule has 0 radical (unpaired) electrons. The molecule has 10 heteroatoms. The van der Waals surface area contributed by atoms with E-state index in [-0.39, 0.29) is 27.7 Å². The molecule has 0 saturated carbocycles. The van der Waals surface area contributed by atoms with Crippen molar-refractivity contribution < 1.29 is 27.8 Å². The number of nitro groups is 1. The van der Waals surface area contributed by atoms with E-state index < -0.39 is 31.6 Å². The lowest BCUT2D eigenvalue weighted by Gasteiger charge is -2.12. The van der Waals surface area contributed by atoms with Crippen molar-refractivity contribution in [2.75, 3.05) is 5.32 Å². The van der Waals surface area contributed by atoms with Crippen LogP contribution in [0.2, 0.25) is 0 Å². The number of anilines is 1. The number of nitro benzene ring substituents is 1. The van der Waals surface area contributed by atoms with Gasteiger partial charge < -0.3 is 10.4 Å². The maximum absolute atomic E-state index is 12.6. The first-order chi connectivity index (χ1) is 13.1. The van der Waals surface area contributed by atoms with Gasteiger partial charge in [-0.05, 0) is 36.8 Å². The smallest absolute Gasteiger partial charge is 0.295 e. The number of rotatable bonds is 4. The molecule has 0 aliphatic carbocycles. The monoisotopic (exact) mass is 402 g/mol. The first-order valence-electron chi connectivity index (χ1n) is 7.88. The molecule has 144 valence electrons. The summed E-state index contributed by atoms with van der Waals surface area (Å²) in [5.41, 5.74) is 0.163. The predicted molar refractivity (Wildman–Crippen MR) is 101 cm³/mol. The summed E-state index contributed by atoms with van der Waals surface area (Å²) in [7, 11) is -4.63. The van der Waals surface area contributed by atoms with Gasteiger partial charge in [0.1, 0.15) is 16.2 Å². The van der Waals surface area contributed by atoms with Crippen LogP contribution in [0.15, 0.2) is 53.4 Å². The lowest BCUT2D eigenvalue weighted by Crippen LogP contribution is -2.14. The zero-order valence-corrected chi connectivity index (χ0v) is 15.2. The number of hydrogen-bond acceptors (Lipinski definition) is 6. The number of phenolic OH excluding ortho intramolecular Hbond substituents is 1. The van der Waals surface area contributed by atoms with Crippen LogP contribution in [0, 0.1) is 17.0 Å². The fourth-order valence-electron chi connectivity index (χ4n) is 2.85. The van der Waals surface area contributed by atoms with Crippen molar-refractivity contribution in [2.45, 2.75) is 11.8 Å². The number of phenols is 1. The normalized spacial score (nSPS) is 11.4. The van der Waals surface area contributed by atoms with E-state index in [2.05, 4.69) is 5.32 Å². The Bertz CT molecular complexity index is 1240. The number of benzene rings is 3. The number of carbonyl (C=O) groups is 1. The molecule has 0 bridgehead atoms. The Labute approximate surface area is 159 Å². The summed E-state index contributed by atoms with van der Waals surface area (Å²) in [5, 5.41) is 23.8. The maximum Gasteiger partial charge on any atom is 0.295 e. The van der Waals surface area contributed by atoms with Gasteiger partial charge in [-0.25, -0.2) is 0 Å². The van der Waals surface area contributed by atoms with Crippen LogP contribution >= 0.6 is 0 Å². The molecule has 9 nitrogen and oxygen atoms in total. The molecule has 0 saturated heterocycles. The quantitative estimate of drug-likeness (QED) is 0.345. The number of nitrogens with zero attached hydrogens (tertiary/aromatic N) is 1. The highest BCUT2D eigenvalue weighted by Gasteiger charge is 2.23. The molecule has 0 atom stereocenters. The molecule has 3 rings (SSSR count). The summed E-state index contributed by atoms with van der Waals surface area (Å²) in [6.07, 6.45) is 0. The zero-order chi connectivity index (χ0) is 20.6. The summed E-state index contributed by atoms with van der Waals surface area (Å²) in [5.74, 6) is -1.20. The van der Waals surface area contributed by atoms with E-state index in [1.54, 1.807) is 13.0 Å². The van der Waals surface area contributed by atoms with E-state index in [9.17, 15) is 33.0 Å². The molecule has 28 heavy (non-hydrogen) atoms. The lowest BCUT2D eigenvalue weighted by atomic mass is 10.1. The molecule has 3 aromatic rings. The van der Waals surface area contributed by atoms with Gasteiger partial charge in [0.25, 0.3) is 21.7 Å². The van der Waals surface area contributed by atoms with E-state index >= 15 is 0 Å². The summed E-state index contributed by atoms with van der Waals surface area (Å²) in [4.78, 5) is 22.7. The van der Waals surface area contributed by atoms with E-state index in [4.69, 9.17) is 0 Å². The average Bonchev–Trinajstić information content (AvgIpc) is 2.61. The second-order valence-electron chi connectivity index (χ2n) is 6.02. The van der Waals surface area contributed by atoms with E-state index in [0.717, 1.165) is 6.07 Å². The third-order valence-corrected chi connectivity index (χ3v) is 5.00. The third kappa shape index (κ3) is 3.50. The van der Waals surface area contributed by atoms with Crippen LogP contribution in [0.4, 0.5) is 11.4 Å². The second kappa shape index (κ2) is 6.91. The Kier molecular flexibility index (Phi) is 4.75. The topological polar surface area (TPSA) is 147 Å². The van der Waals surface area contributed by atoms with Gasteiger partial charge >= 0.3 is 0 Å². The van der Waals surface area contributed by atoms with E-state index in [1.165, 1.54) is 36.4 Å². The van der Waals surface area contributed by atoms with Crippen molar-refractivity contribution in [3.8, 4) is 5.75 Å². The number of fused-ring (bicyclic) bond motifs is 1. The molecule has 3 aromatic carbocycles. The molecule has 0 aromatic heterocycles. The molecule has 0 heterocycles. The van der Waals surface area contributed by atoms with Gasteiger partial charge in [-0.15, -0.1) is 0 Å². The highest BCUT2D eigenvalue weighted by Crippen LogP contribution is 2.36. The molecule has 0 aliphatic heterocycles. The number of amides is 1. The fourth-order valence-corrected chi connectivity index (χ4v) is 3.57. The van der Waals surface area contributed by atoms with Crippen molar-refractivity contribution in [2.24, 2.45) is 0 Å². The summed E-state index contributed by atoms with van der Waals surface area (Å²) < 4.78 is 32.6. The zero-order valence-electron chi connectivity index (χ0n) is 14.4. The van der Waals surface area contributed by atoms with Crippen LogP contribution in [-0.4, -0.2) is 28.9 Å². The van der Waals surface area contributed by atoms with Gasteiger partial charge in [0, 0.05) is 22.5 Å². The molecular formula is C18H14N2O7S. The van der Waals surface area contributed by atoms with Gasteiger partial charge in [0.15, 0.2) is 0 Å². The molecular weight excluding hydrogens is 388 g/mol. The maximum atomic E-state index is 12.6. The number of aromatic hydroxyl groups is 1. The molecule has 0 unspecified atom stereocenters. The lowest BCUT2D eigenvalue weighted by molar-refractivity contribution is -0.385. The summed E-state index contributed by atoms with van der Waals surface area (Å²) >= 11 is 0. The van der Waals surface area contributed by atoms with Crippen LogP contribution in [0.1, 0.15) is 15.9 Å². The third-order valence-electron chi connectivity index (χ3n) is 4.10. The minimum atomic E-state index is -4.63. The van der Waals surface area contributed by atoms with Crippen molar-refractivity contribution in [1.82, 2.24) is 0 Å². The van der Waals surface area contributed by atoms with Crippen LogP contribution in [0.25, 0.3) is 10.8 Å². The summed E-state index contributed by atoms with van der Waals surface area (Å²) in [6.45, 7) is 1.65. The molecule has 0 aliphatic rings. The van der Waals surface area contributed by atoms with Crippen molar-refractivity contribution in [3.05, 3.63) is 69.8 Å². The fraction of sp³-hybridized carbons (Fsp3) is 0.0556. The minimum Gasteiger partial charge on any atom is -0.507 e. The van der Waals surface area contributed by atoms with Gasteiger partial charge in [0.05, 0.1) is 4.92 Å². The Morgan fingerprint density at radius 3 is 2.50 bits per heavy atom. The number of hydrogen-bond donors (Lipinski definition) is 3. The van der Waals surface area contributed by atoms with Gasteiger partial charge in [-0.3, -0.25) is 19.5 Å². The van der Waals surface area contributed by atoms with Crippen LogP contribution in [-0.2, 0) is 10.1 Å². The van der Waals surface area contributed by atoms with Gasteiger partial charge in [0.2, 0.25) is 0 Å². The van der Waals surface area contributed by atoms with E-state index in [0.29, 0.717) is 5.56 Å². The Morgan fingerprint density at radius 2 is 1.86 bits per heavy atom. The van der Waals surface area contributed by atoms with Crippen LogP contribution < -0.4 is 5.32 Å². The Hall–Kier alpha value is -3.50. The highest BCUT2D eigenvalue weighted by atomic mass is 32.2. The van der Waals surface area contributed by atoms with Crippen LogP contribution in [0.5, 0.6) is 5.75 Å². The van der Waals surface area contributed by atoms with Crippen molar-refractivity contribution in [1.29, 1.82) is 0 Å². The van der Waals surface area contributed by atoms with Gasteiger partial charge in [-0.2, -0.15) is 8.42 Å². The standard InChI is InChI=1S/C18H14N2O7S/c1-10-5-6-12(14(9-10)20(23)24)18(22)19-13-7-8-16(28(25,26)27)17-11(13)3-2-4-15(17)21/h2-9,21H,1H3,(H,19,22)(H,25,26,27). The average molecular weight is 402 g/mol. The first kappa shape index (κ1) is 19.3. The first-order valence-corrected chi connectivity index (χ1v) is 9.32. The Morgan fingerprint density at radius 1 is 1.14 bits per heavy atom. The SMILES string of the molecule is Cc1ccc(C(=O)Nc2ccc(S(=O)(=O)O)c3c(O)cccc23)c([N+](=O)[O-])c1. The predicted octanol–water partition coefficient (Wildman–Crippen LogP) is 3.26. The number of aryl methyl sites for hydroxylation is 1. The van der Waals surface area contributed by atoms with E-state index in [1.807, 2.05) is 0 Å². The number of carbonyl (C=O) groups excluding carboxylic acids is 1. The molecule has 0 spiro atoms. The Balaban J connectivity index is 2.14. The van der Waals surface area contributed by atoms with Crippen molar-refractivity contribution >= 4 is 38.2 Å². The summed E-state index contributed by atoms with van der Waals surface area (Å²) in [6, 6.07) is 10.5. The van der Waals surface area contributed by atoms with Gasteiger partial charge in [-0.1, -0.05) is 18.2 Å². The van der Waals surface area contributed by atoms with Crippen LogP contribution in [0.3, 0.4) is 0 Å².